The monoisotopic (exact) mass is 414 g/mol. The molecule has 3 aromatic rings. The molecule has 0 aliphatic carbocycles. The lowest BCUT2D eigenvalue weighted by Crippen LogP contribution is -2.42. The Morgan fingerprint density at radius 2 is 1.79 bits per heavy atom. The Bertz CT molecular complexity index is 1140. The van der Waals surface area contributed by atoms with Gasteiger partial charge in [-0.3, -0.25) is 4.79 Å². The van der Waals surface area contributed by atoms with Crippen LogP contribution in [0, 0.1) is 5.82 Å². The minimum absolute atomic E-state index is 0.0492. The van der Waals surface area contributed by atoms with Gasteiger partial charge < -0.3 is 9.47 Å². The van der Waals surface area contributed by atoms with Crippen molar-refractivity contribution < 1.29 is 17.6 Å². The maximum Gasteiger partial charge on any atom is 0.253 e. The van der Waals surface area contributed by atoms with Gasteiger partial charge in [0.2, 0.25) is 0 Å². The van der Waals surface area contributed by atoms with Gasteiger partial charge in [0.1, 0.15) is 15.7 Å². The molecule has 0 spiro atoms. The van der Waals surface area contributed by atoms with Crippen LogP contribution in [0.2, 0.25) is 0 Å². The molecule has 152 valence electrons. The van der Waals surface area contributed by atoms with E-state index in [1.165, 1.54) is 6.07 Å². The normalized spacial score (nSPS) is 16.8. The minimum Gasteiger partial charge on any atom is -0.343 e. The van der Waals surface area contributed by atoms with Gasteiger partial charge in [0.15, 0.2) is 0 Å². The molecule has 1 saturated heterocycles. The summed E-state index contributed by atoms with van der Waals surface area (Å²) in [6.07, 6.45) is 2.83. The van der Waals surface area contributed by atoms with Crippen LogP contribution in [0.25, 0.3) is 10.9 Å². The summed E-state index contributed by atoms with van der Waals surface area (Å²) in [4.78, 5) is 14.4. The van der Waals surface area contributed by atoms with Gasteiger partial charge in [-0.25, -0.2) is 12.8 Å². The second-order valence-corrected chi connectivity index (χ2v) is 9.92. The Kier molecular flexibility index (Phi) is 5.17. The fraction of sp³-hybridized carbons (Fsp3) is 0.318. The maximum absolute atomic E-state index is 13.9. The predicted molar refractivity (Wildman–Crippen MR) is 111 cm³/mol. The molecule has 1 aliphatic heterocycles. The summed E-state index contributed by atoms with van der Waals surface area (Å²) < 4.78 is 39.0. The summed E-state index contributed by atoms with van der Waals surface area (Å²) in [5.74, 6) is -0.0608. The molecule has 0 radical (unpaired) electrons. The van der Waals surface area contributed by atoms with Gasteiger partial charge in [-0.15, -0.1) is 0 Å². The van der Waals surface area contributed by atoms with Crippen LogP contribution < -0.4 is 0 Å². The van der Waals surface area contributed by atoms with Crippen LogP contribution in [0.3, 0.4) is 0 Å². The second-order valence-electron chi connectivity index (χ2n) is 7.61. The van der Waals surface area contributed by atoms with E-state index in [1.54, 1.807) is 36.2 Å². The number of fused-ring (bicyclic) bond motifs is 1. The van der Waals surface area contributed by atoms with E-state index in [0.717, 1.165) is 11.1 Å². The number of benzene rings is 2. The highest BCUT2D eigenvalue weighted by molar-refractivity contribution is 7.91. The van der Waals surface area contributed by atoms with E-state index in [0.29, 0.717) is 30.3 Å². The molecule has 1 aromatic heterocycles. The van der Waals surface area contributed by atoms with E-state index in [9.17, 15) is 17.6 Å². The highest BCUT2D eigenvalue weighted by Gasteiger charge is 2.28. The van der Waals surface area contributed by atoms with Crippen LogP contribution in [-0.4, -0.2) is 48.4 Å². The lowest BCUT2D eigenvalue weighted by molar-refractivity contribution is 0.0722. The zero-order valence-corrected chi connectivity index (χ0v) is 17.0. The molecule has 0 unspecified atom stereocenters. The van der Waals surface area contributed by atoms with Crippen molar-refractivity contribution in [1.29, 1.82) is 0 Å². The van der Waals surface area contributed by atoms with Gasteiger partial charge in [-0.05, 0) is 48.7 Å². The molecule has 29 heavy (non-hydrogen) atoms. The Labute approximate surface area is 169 Å². The number of amides is 1. The molecule has 4 rings (SSSR count). The number of halogens is 1. The fourth-order valence-corrected chi connectivity index (χ4v) is 5.37. The Balaban J connectivity index is 1.46. The highest BCUT2D eigenvalue weighted by atomic mass is 32.2. The van der Waals surface area contributed by atoms with Crippen LogP contribution in [0.4, 0.5) is 4.39 Å². The number of carbonyl (C=O) groups excluding carboxylic acids is 1. The first-order valence-corrected chi connectivity index (χ1v) is 11.5. The highest BCUT2D eigenvalue weighted by Crippen LogP contribution is 2.21. The number of sulfone groups is 1. The van der Waals surface area contributed by atoms with E-state index in [4.69, 9.17) is 0 Å². The van der Waals surface area contributed by atoms with E-state index in [1.807, 2.05) is 29.0 Å². The van der Waals surface area contributed by atoms with Gasteiger partial charge in [0.05, 0.1) is 17.0 Å². The summed E-state index contributed by atoms with van der Waals surface area (Å²) in [6, 6.07) is 14.1. The molecule has 1 amide bonds. The van der Waals surface area contributed by atoms with Crippen molar-refractivity contribution in [3.05, 3.63) is 71.7 Å². The quantitative estimate of drug-likeness (QED) is 0.657. The molecule has 0 bridgehead atoms. The van der Waals surface area contributed by atoms with E-state index in [-0.39, 0.29) is 29.3 Å². The van der Waals surface area contributed by atoms with Crippen LogP contribution in [0.1, 0.15) is 28.8 Å². The lowest BCUT2D eigenvalue weighted by Gasteiger charge is -2.31. The second kappa shape index (κ2) is 7.63. The topological polar surface area (TPSA) is 59.4 Å². The van der Waals surface area contributed by atoms with Crippen molar-refractivity contribution in [1.82, 2.24) is 9.47 Å². The number of rotatable bonds is 4. The molecule has 1 fully saturated rings. The molecule has 5 nitrogen and oxygen atoms in total. The summed E-state index contributed by atoms with van der Waals surface area (Å²) in [7, 11) is -1.22. The molecular weight excluding hydrogens is 391 g/mol. The molecular formula is C22H23FN2O3S. The van der Waals surface area contributed by atoms with Crippen molar-refractivity contribution in [2.45, 2.75) is 25.4 Å². The van der Waals surface area contributed by atoms with Crippen LogP contribution >= 0.6 is 0 Å². The standard InChI is InChI=1S/C22H23FN2O3S/c1-24(18-10-13-29(27,28)14-11-18)22(26)17-7-5-16(6-8-17)15-25-12-9-19-20(23)3-2-4-21(19)25/h2-9,12,18H,10-11,13-15H2,1H3. The van der Waals surface area contributed by atoms with Crippen LogP contribution in [0.15, 0.2) is 54.7 Å². The van der Waals surface area contributed by atoms with Gasteiger partial charge in [-0.2, -0.15) is 0 Å². The molecule has 1 aliphatic rings. The lowest BCUT2D eigenvalue weighted by atomic mass is 10.1. The first kappa shape index (κ1) is 19.6. The smallest absolute Gasteiger partial charge is 0.253 e. The van der Waals surface area contributed by atoms with Gasteiger partial charge in [-0.1, -0.05) is 18.2 Å². The van der Waals surface area contributed by atoms with Crippen molar-refractivity contribution in [3.63, 3.8) is 0 Å². The first-order valence-electron chi connectivity index (χ1n) is 9.64. The third-order valence-corrected chi connectivity index (χ3v) is 7.42. The van der Waals surface area contributed by atoms with Crippen LogP contribution in [0.5, 0.6) is 0 Å². The zero-order chi connectivity index (χ0) is 20.6. The predicted octanol–water partition coefficient (Wildman–Crippen LogP) is 3.48. The summed E-state index contributed by atoms with van der Waals surface area (Å²) in [6.45, 7) is 0.581. The number of nitrogens with zero attached hydrogens (tertiary/aromatic N) is 2. The number of hydrogen-bond acceptors (Lipinski definition) is 3. The van der Waals surface area contributed by atoms with Crippen molar-refractivity contribution in [2.75, 3.05) is 18.6 Å². The van der Waals surface area contributed by atoms with E-state index >= 15 is 0 Å². The Hall–Kier alpha value is -2.67. The van der Waals surface area contributed by atoms with Crippen molar-refractivity contribution in [2.24, 2.45) is 0 Å². The van der Waals surface area contributed by atoms with Gasteiger partial charge in [0.25, 0.3) is 5.91 Å². The average Bonchev–Trinajstić information content (AvgIpc) is 3.12. The summed E-state index contributed by atoms with van der Waals surface area (Å²) in [5, 5.41) is 0.593. The minimum atomic E-state index is -2.95. The number of carbonyl (C=O) groups is 1. The van der Waals surface area contributed by atoms with E-state index < -0.39 is 9.84 Å². The molecule has 2 heterocycles. The molecule has 7 heteroatoms. The molecule has 0 saturated carbocycles. The Morgan fingerprint density at radius 1 is 1.10 bits per heavy atom. The fourth-order valence-electron chi connectivity index (χ4n) is 3.91. The number of hydrogen-bond donors (Lipinski definition) is 0. The largest absolute Gasteiger partial charge is 0.343 e. The maximum atomic E-state index is 13.9. The molecule has 2 aromatic carbocycles. The zero-order valence-electron chi connectivity index (χ0n) is 16.2. The van der Waals surface area contributed by atoms with Crippen molar-refractivity contribution >= 4 is 26.6 Å². The van der Waals surface area contributed by atoms with Gasteiger partial charge in [0, 0.05) is 36.8 Å². The summed E-state index contributed by atoms with van der Waals surface area (Å²) >= 11 is 0. The average molecular weight is 415 g/mol. The first-order chi connectivity index (χ1) is 13.8. The Morgan fingerprint density at radius 3 is 2.48 bits per heavy atom. The third kappa shape index (κ3) is 4.05. The van der Waals surface area contributed by atoms with E-state index in [2.05, 4.69) is 0 Å². The SMILES string of the molecule is CN(C(=O)c1ccc(Cn2ccc3c(F)cccc32)cc1)C1CCS(=O)(=O)CC1. The number of aromatic nitrogens is 1. The molecule has 0 N–H and O–H groups in total. The van der Waals surface area contributed by atoms with Crippen molar-refractivity contribution in [3.8, 4) is 0 Å². The summed E-state index contributed by atoms with van der Waals surface area (Å²) in [5.41, 5.74) is 2.42. The molecule has 0 atom stereocenters. The third-order valence-electron chi connectivity index (χ3n) is 5.71. The van der Waals surface area contributed by atoms with Gasteiger partial charge >= 0.3 is 0 Å². The van der Waals surface area contributed by atoms with Crippen LogP contribution in [-0.2, 0) is 16.4 Å².